The summed E-state index contributed by atoms with van der Waals surface area (Å²) in [5, 5.41) is 0.809. The van der Waals surface area contributed by atoms with E-state index in [1.54, 1.807) is 0 Å². The van der Waals surface area contributed by atoms with E-state index in [1.165, 1.54) is 70.0 Å². The number of nitrogens with zero attached hydrogens (tertiary/aromatic N) is 1. The van der Waals surface area contributed by atoms with Crippen LogP contribution >= 0.6 is 34.2 Å². The molecular formula is C23H36Cl2IN. The van der Waals surface area contributed by atoms with E-state index >= 15 is 0 Å². The quantitative estimate of drug-likeness (QED) is 0.0853. The number of hydrogen-bond acceptors (Lipinski definition) is 0. The van der Waals surface area contributed by atoms with Gasteiger partial charge in [0.1, 0.15) is 0 Å². The Morgan fingerprint density at radius 3 is 1.89 bits per heavy atom. The van der Waals surface area contributed by atoms with Crippen molar-refractivity contribution in [1.82, 2.24) is 0 Å². The monoisotopic (exact) mass is 523 g/mol. The second kappa shape index (κ2) is 15.9. The maximum atomic E-state index is 6.04. The van der Waals surface area contributed by atoms with Crippen LogP contribution in [0.5, 0.6) is 0 Å². The minimum Gasteiger partial charge on any atom is -1.00 e. The molecule has 0 amide bonds. The molecule has 4 heteroatoms. The Balaban J connectivity index is 0.00000676. The molecule has 0 heterocycles. The largest absolute Gasteiger partial charge is 1.00 e. The Morgan fingerprint density at radius 1 is 0.926 bits per heavy atom. The highest BCUT2D eigenvalue weighted by Gasteiger charge is 2.33. The summed E-state index contributed by atoms with van der Waals surface area (Å²) in [4.78, 5) is 0. The number of rotatable bonds is 14. The van der Waals surface area contributed by atoms with Gasteiger partial charge in [-0.2, -0.15) is 0 Å². The molecule has 0 fully saturated rings. The van der Waals surface area contributed by atoms with Gasteiger partial charge in [0, 0.05) is 34.0 Å². The summed E-state index contributed by atoms with van der Waals surface area (Å²) in [7, 11) is 0. The summed E-state index contributed by atoms with van der Waals surface area (Å²) < 4.78 is 1.32. The van der Waals surface area contributed by atoms with Crippen LogP contribution in [0.4, 0.5) is 0 Å². The van der Waals surface area contributed by atoms with Crippen molar-refractivity contribution in [2.45, 2.75) is 75.7 Å². The predicted octanol–water partition coefficient (Wildman–Crippen LogP) is 4.26. The van der Waals surface area contributed by atoms with Crippen LogP contribution < -0.4 is 12.4 Å². The van der Waals surface area contributed by atoms with Crippen molar-refractivity contribution in [3.05, 3.63) is 34.9 Å². The zero-order chi connectivity index (χ0) is 19.3. The zero-order valence-corrected chi connectivity index (χ0v) is 20.7. The van der Waals surface area contributed by atoms with Crippen LogP contribution in [-0.2, 0) is 6.42 Å². The van der Waals surface area contributed by atoms with E-state index in [4.69, 9.17) is 18.0 Å². The Labute approximate surface area is 192 Å². The first-order chi connectivity index (χ1) is 12.6. The number of terminal acetylenes is 1. The van der Waals surface area contributed by atoms with Gasteiger partial charge in [-0.1, -0.05) is 63.3 Å². The summed E-state index contributed by atoms with van der Waals surface area (Å²) in [6.45, 7) is 8.08. The van der Waals surface area contributed by atoms with E-state index in [1.807, 2.05) is 12.1 Å². The van der Waals surface area contributed by atoms with E-state index in [-0.39, 0.29) is 16.5 Å². The SMILES string of the molecule is C#CC(I)[N+](CCCCCC)(CCCCCC)CCc1ccc(Cl)cc1.[Cl-]. The van der Waals surface area contributed by atoms with Gasteiger partial charge in [0.2, 0.25) is 4.05 Å². The average Bonchev–Trinajstić information content (AvgIpc) is 2.66. The van der Waals surface area contributed by atoms with Crippen molar-refractivity contribution in [2.24, 2.45) is 0 Å². The second-order valence-electron chi connectivity index (χ2n) is 7.39. The molecule has 0 spiro atoms. The fraction of sp³-hybridized carbons (Fsp3) is 0.652. The van der Waals surface area contributed by atoms with Crippen LogP contribution in [-0.4, -0.2) is 28.2 Å². The summed E-state index contributed by atoms with van der Waals surface area (Å²) in [5.41, 5.74) is 1.36. The lowest BCUT2D eigenvalue weighted by atomic mass is 10.1. The molecule has 0 saturated carbocycles. The van der Waals surface area contributed by atoms with Crippen molar-refractivity contribution in [2.75, 3.05) is 19.6 Å². The van der Waals surface area contributed by atoms with Crippen LogP contribution in [0, 0.1) is 12.3 Å². The number of hydrogen-bond donors (Lipinski definition) is 0. The van der Waals surface area contributed by atoms with E-state index in [0.717, 1.165) is 22.5 Å². The summed E-state index contributed by atoms with van der Waals surface area (Å²) in [6, 6.07) is 8.31. The molecule has 0 aliphatic heterocycles. The molecule has 1 rings (SSSR count). The predicted molar refractivity (Wildman–Crippen MR) is 125 cm³/mol. The third-order valence-electron chi connectivity index (χ3n) is 5.29. The van der Waals surface area contributed by atoms with Gasteiger partial charge in [0.15, 0.2) is 0 Å². The number of halogens is 3. The van der Waals surface area contributed by atoms with Gasteiger partial charge in [0.05, 0.1) is 19.6 Å². The lowest BCUT2D eigenvalue weighted by molar-refractivity contribution is -0.927. The van der Waals surface area contributed by atoms with Crippen LogP contribution in [0.25, 0.3) is 0 Å². The normalized spacial score (nSPS) is 12.3. The molecule has 0 radical (unpaired) electrons. The summed E-state index contributed by atoms with van der Waals surface area (Å²) in [6.07, 6.45) is 17.4. The maximum absolute atomic E-state index is 6.04. The molecule has 0 bridgehead atoms. The minimum atomic E-state index is 0. The van der Waals surface area contributed by atoms with E-state index < -0.39 is 0 Å². The van der Waals surface area contributed by atoms with E-state index in [0.29, 0.717) is 0 Å². The topological polar surface area (TPSA) is 0 Å². The fourth-order valence-corrected chi connectivity index (χ4v) is 4.50. The standard InChI is InChI=1S/C23H36ClIN.ClH/c1-4-7-9-11-18-26(23(25)6-3,19-12-10-8-5-2)20-17-21-13-15-22(24)16-14-21;/h3,13-16,23H,4-5,7-12,17-20H2,1-2H3;1H/q+1;/p-1. The molecule has 1 aromatic carbocycles. The Bertz CT molecular complexity index is 512. The molecule has 0 aliphatic rings. The van der Waals surface area contributed by atoms with Crippen molar-refractivity contribution in [3.8, 4) is 12.3 Å². The second-order valence-corrected chi connectivity index (χ2v) is 9.01. The first-order valence-electron chi connectivity index (χ1n) is 10.3. The average molecular weight is 524 g/mol. The molecule has 1 atom stereocenters. The van der Waals surface area contributed by atoms with Gasteiger partial charge < -0.3 is 16.9 Å². The molecule has 154 valence electrons. The Morgan fingerprint density at radius 2 is 1.44 bits per heavy atom. The van der Waals surface area contributed by atoms with Gasteiger partial charge in [-0.15, -0.1) is 6.42 Å². The van der Waals surface area contributed by atoms with Gasteiger partial charge in [-0.3, -0.25) is 0 Å². The third kappa shape index (κ3) is 10.4. The molecule has 1 aromatic rings. The molecular weight excluding hydrogens is 488 g/mol. The fourth-order valence-electron chi connectivity index (χ4n) is 3.54. The van der Waals surface area contributed by atoms with Gasteiger partial charge in [-0.25, -0.2) is 0 Å². The van der Waals surface area contributed by atoms with Crippen molar-refractivity contribution in [3.63, 3.8) is 0 Å². The number of unbranched alkanes of at least 4 members (excludes halogenated alkanes) is 6. The first kappa shape index (κ1) is 27.0. The van der Waals surface area contributed by atoms with Crippen molar-refractivity contribution >= 4 is 34.2 Å². The molecule has 0 aliphatic carbocycles. The molecule has 0 aromatic heterocycles. The lowest BCUT2D eigenvalue weighted by Gasteiger charge is -2.41. The molecule has 0 saturated heterocycles. The highest BCUT2D eigenvalue weighted by atomic mass is 127. The Kier molecular flexibility index (Phi) is 15.9. The summed E-state index contributed by atoms with van der Waals surface area (Å²) >= 11 is 8.54. The first-order valence-corrected chi connectivity index (χ1v) is 11.9. The Hall–Kier alpha value is 0.0500. The van der Waals surface area contributed by atoms with E-state index in [9.17, 15) is 0 Å². The smallest absolute Gasteiger partial charge is 0.200 e. The van der Waals surface area contributed by atoms with Crippen molar-refractivity contribution < 1.29 is 16.9 Å². The highest BCUT2D eigenvalue weighted by Crippen LogP contribution is 2.25. The number of benzene rings is 1. The molecule has 0 N–H and O–H groups in total. The lowest BCUT2D eigenvalue weighted by Crippen LogP contribution is -3.00. The van der Waals surface area contributed by atoms with Gasteiger partial charge >= 0.3 is 0 Å². The minimum absolute atomic E-state index is 0. The zero-order valence-electron chi connectivity index (χ0n) is 17.0. The number of quaternary nitrogens is 1. The van der Waals surface area contributed by atoms with Crippen LogP contribution in [0.1, 0.15) is 70.8 Å². The van der Waals surface area contributed by atoms with Crippen LogP contribution in [0.3, 0.4) is 0 Å². The number of alkyl halides is 1. The van der Waals surface area contributed by atoms with Crippen LogP contribution in [0.2, 0.25) is 5.02 Å². The summed E-state index contributed by atoms with van der Waals surface area (Å²) in [5.74, 6) is 3.07. The highest BCUT2D eigenvalue weighted by molar-refractivity contribution is 14.1. The van der Waals surface area contributed by atoms with Crippen LogP contribution in [0.15, 0.2) is 24.3 Å². The molecule has 1 unspecified atom stereocenters. The van der Waals surface area contributed by atoms with Gasteiger partial charge in [-0.05, 0) is 49.3 Å². The van der Waals surface area contributed by atoms with E-state index in [2.05, 4.69) is 54.5 Å². The molecule has 1 nitrogen and oxygen atoms in total. The maximum Gasteiger partial charge on any atom is 0.200 e. The third-order valence-corrected chi connectivity index (χ3v) is 7.08. The molecule has 27 heavy (non-hydrogen) atoms. The van der Waals surface area contributed by atoms with Crippen molar-refractivity contribution in [1.29, 1.82) is 0 Å². The van der Waals surface area contributed by atoms with Gasteiger partial charge in [0.25, 0.3) is 0 Å².